The van der Waals surface area contributed by atoms with Gasteiger partial charge in [0.2, 0.25) is 0 Å². The molecule has 4 nitrogen and oxygen atoms in total. The fourth-order valence-corrected chi connectivity index (χ4v) is 2.36. The summed E-state index contributed by atoms with van der Waals surface area (Å²) in [5.41, 5.74) is 2.42. The van der Waals surface area contributed by atoms with Crippen LogP contribution in [0.2, 0.25) is 0 Å². The Kier molecular flexibility index (Phi) is 8.16. The lowest BCUT2D eigenvalue weighted by Crippen LogP contribution is -2.44. The van der Waals surface area contributed by atoms with Crippen molar-refractivity contribution in [1.29, 1.82) is 0 Å². The summed E-state index contributed by atoms with van der Waals surface area (Å²) in [4.78, 5) is 4.71. The van der Waals surface area contributed by atoms with E-state index in [9.17, 15) is 0 Å². The van der Waals surface area contributed by atoms with Gasteiger partial charge in [0.15, 0.2) is 0 Å². The van der Waals surface area contributed by atoms with Gasteiger partial charge in [-0.1, -0.05) is 26.8 Å². The summed E-state index contributed by atoms with van der Waals surface area (Å²) in [6.07, 6.45) is 0.999. The van der Waals surface area contributed by atoms with Crippen LogP contribution in [-0.4, -0.2) is 56.4 Å². The highest BCUT2D eigenvalue weighted by molar-refractivity contribution is 5.60. The van der Waals surface area contributed by atoms with E-state index in [0.29, 0.717) is 6.61 Å². The highest BCUT2D eigenvalue weighted by Gasteiger charge is 2.17. The summed E-state index contributed by atoms with van der Waals surface area (Å²) in [6.45, 7) is 10.8. The molecular formula is C17H30N2O2. The zero-order chi connectivity index (χ0) is 15.7. The Hall–Kier alpha value is -1.26. The Balaban J connectivity index is 0.00000106. The smallest absolute Gasteiger partial charge is 0.142 e. The average molecular weight is 294 g/mol. The molecule has 0 atom stereocenters. The number of piperazine rings is 1. The molecule has 0 spiro atoms. The second-order valence-corrected chi connectivity index (χ2v) is 5.02. The highest BCUT2D eigenvalue weighted by atomic mass is 16.5. The van der Waals surface area contributed by atoms with Crippen LogP contribution in [0.3, 0.4) is 0 Å². The first kappa shape index (κ1) is 17.8. The number of aliphatic hydroxyl groups excluding tert-OH is 1. The van der Waals surface area contributed by atoms with Gasteiger partial charge in [0.25, 0.3) is 0 Å². The van der Waals surface area contributed by atoms with Gasteiger partial charge < -0.3 is 19.6 Å². The van der Waals surface area contributed by atoms with Gasteiger partial charge in [-0.3, -0.25) is 0 Å². The van der Waals surface area contributed by atoms with Gasteiger partial charge >= 0.3 is 0 Å². The van der Waals surface area contributed by atoms with Crippen LogP contribution in [0.15, 0.2) is 18.2 Å². The number of rotatable bonds is 5. The Bertz CT molecular complexity index is 402. The third-order valence-corrected chi connectivity index (χ3v) is 3.63. The summed E-state index contributed by atoms with van der Waals surface area (Å²) in [5, 5.41) is 8.94. The molecule has 0 aromatic heterocycles. The number of ether oxygens (including phenoxy) is 1. The topological polar surface area (TPSA) is 35.9 Å². The molecule has 1 aromatic carbocycles. The van der Waals surface area contributed by atoms with E-state index in [-0.39, 0.29) is 6.61 Å². The monoisotopic (exact) mass is 294 g/mol. The minimum atomic E-state index is 0.0541. The Morgan fingerprint density at radius 2 is 1.81 bits per heavy atom. The van der Waals surface area contributed by atoms with E-state index in [1.54, 1.807) is 0 Å². The van der Waals surface area contributed by atoms with Gasteiger partial charge in [-0.2, -0.15) is 0 Å². The van der Waals surface area contributed by atoms with Crippen LogP contribution >= 0.6 is 0 Å². The summed E-state index contributed by atoms with van der Waals surface area (Å²) in [6, 6.07) is 6.42. The SMILES string of the molecule is CC.CCc1ccc(N2CCN(C)CC2)c(OCCO)c1. The van der Waals surface area contributed by atoms with E-state index in [4.69, 9.17) is 9.84 Å². The Morgan fingerprint density at radius 3 is 2.38 bits per heavy atom. The summed E-state index contributed by atoms with van der Waals surface area (Å²) in [5.74, 6) is 0.901. The van der Waals surface area contributed by atoms with Crippen molar-refractivity contribution in [2.24, 2.45) is 0 Å². The van der Waals surface area contributed by atoms with E-state index in [1.807, 2.05) is 13.8 Å². The zero-order valence-corrected chi connectivity index (χ0v) is 13.9. The summed E-state index contributed by atoms with van der Waals surface area (Å²) in [7, 11) is 2.15. The second-order valence-electron chi connectivity index (χ2n) is 5.02. The molecule has 1 heterocycles. The summed E-state index contributed by atoms with van der Waals surface area (Å²) >= 11 is 0. The first-order valence-electron chi connectivity index (χ1n) is 8.04. The molecule has 0 amide bonds. The van der Waals surface area contributed by atoms with E-state index in [1.165, 1.54) is 5.56 Å². The van der Waals surface area contributed by atoms with Crippen molar-refractivity contribution in [2.75, 3.05) is 51.3 Å². The second kappa shape index (κ2) is 9.64. The van der Waals surface area contributed by atoms with E-state index < -0.39 is 0 Å². The number of benzene rings is 1. The molecule has 21 heavy (non-hydrogen) atoms. The van der Waals surface area contributed by atoms with E-state index in [2.05, 4.69) is 42.0 Å². The number of anilines is 1. The lowest BCUT2D eigenvalue weighted by Gasteiger charge is -2.35. The molecule has 1 fully saturated rings. The third kappa shape index (κ3) is 5.21. The van der Waals surface area contributed by atoms with Crippen molar-refractivity contribution in [1.82, 2.24) is 4.90 Å². The van der Waals surface area contributed by atoms with Crippen molar-refractivity contribution in [3.8, 4) is 5.75 Å². The lowest BCUT2D eigenvalue weighted by atomic mass is 10.1. The fourth-order valence-electron chi connectivity index (χ4n) is 2.36. The molecule has 0 bridgehead atoms. The standard InChI is InChI=1S/C15H24N2O2.C2H6/c1-3-13-4-5-14(15(12-13)19-11-10-18)17-8-6-16(2)7-9-17;1-2/h4-5,12,18H,3,6-11H2,1-2H3;1-2H3. The molecule has 1 saturated heterocycles. The average Bonchev–Trinajstić information content (AvgIpc) is 2.55. The van der Waals surface area contributed by atoms with Crippen molar-refractivity contribution >= 4 is 5.69 Å². The quantitative estimate of drug-likeness (QED) is 0.904. The van der Waals surface area contributed by atoms with Gasteiger partial charge in [0.05, 0.1) is 12.3 Å². The Labute approximate surface area is 129 Å². The highest BCUT2D eigenvalue weighted by Crippen LogP contribution is 2.30. The lowest BCUT2D eigenvalue weighted by molar-refractivity contribution is 0.201. The molecular weight excluding hydrogens is 264 g/mol. The molecule has 2 rings (SSSR count). The molecule has 120 valence electrons. The maximum atomic E-state index is 8.94. The van der Waals surface area contributed by atoms with Crippen LogP contribution in [0.1, 0.15) is 26.3 Å². The maximum absolute atomic E-state index is 8.94. The van der Waals surface area contributed by atoms with Crippen molar-refractivity contribution < 1.29 is 9.84 Å². The van der Waals surface area contributed by atoms with Crippen LogP contribution in [0, 0.1) is 0 Å². The number of hydrogen-bond acceptors (Lipinski definition) is 4. The molecule has 1 aliphatic heterocycles. The number of aliphatic hydroxyl groups is 1. The minimum absolute atomic E-state index is 0.0541. The molecule has 0 saturated carbocycles. The number of nitrogens with zero attached hydrogens (tertiary/aromatic N) is 2. The number of likely N-dealkylation sites (N-methyl/N-ethyl adjacent to an activating group) is 1. The maximum Gasteiger partial charge on any atom is 0.142 e. The predicted octanol–water partition coefficient (Wildman–Crippen LogP) is 2.40. The molecule has 0 unspecified atom stereocenters. The summed E-state index contributed by atoms with van der Waals surface area (Å²) < 4.78 is 5.70. The van der Waals surface area contributed by atoms with Crippen molar-refractivity contribution in [3.63, 3.8) is 0 Å². The van der Waals surface area contributed by atoms with Crippen molar-refractivity contribution in [3.05, 3.63) is 23.8 Å². The van der Waals surface area contributed by atoms with Gasteiger partial charge in [-0.25, -0.2) is 0 Å². The van der Waals surface area contributed by atoms with Gasteiger partial charge in [0.1, 0.15) is 12.4 Å². The van der Waals surface area contributed by atoms with Crippen LogP contribution in [0.25, 0.3) is 0 Å². The molecule has 1 aromatic rings. The van der Waals surface area contributed by atoms with Crippen LogP contribution in [0.5, 0.6) is 5.75 Å². The Morgan fingerprint density at radius 1 is 1.14 bits per heavy atom. The largest absolute Gasteiger partial charge is 0.489 e. The van der Waals surface area contributed by atoms with Crippen LogP contribution < -0.4 is 9.64 Å². The molecule has 0 aliphatic carbocycles. The normalized spacial score (nSPS) is 15.4. The van der Waals surface area contributed by atoms with Crippen LogP contribution in [0.4, 0.5) is 5.69 Å². The molecule has 1 aliphatic rings. The van der Waals surface area contributed by atoms with E-state index >= 15 is 0 Å². The molecule has 4 heteroatoms. The first-order valence-corrected chi connectivity index (χ1v) is 8.04. The van der Waals surface area contributed by atoms with Gasteiger partial charge in [0, 0.05) is 26.2 Å². The minimum Gasteiger partial charge on any atom is -0.489 e. The predicted molar refractivity (Wildman–Crippen MR) is 89.5 cm³/mol. The van der Waals surface area contributed by atoms with Crippen molar-refractivity contribution in [2.45, 2.75) is 27.2 Å². The van der Waals surface area contributed by atoms with Gasteiger partial charge in [-0.15, -0.1) is 0 Å². The fraction of sp³-hybridized carbons (Fsp3) is 0.647. The third-order valence-electron chi connectivity index (χ3n) is 3.63. The zero-order valence-electron chi connectivity index (χ0n) is 13.9. The molecule has 0 radical (unpaired) electrons. The number of hydrogen-bond donors (Lipinski definition) is 1. The van der Waals surface area contributed by atoms with E-state index in [0.717, 1.165) is 44.0 Å². The molecule has 1 N–H and O–H groups in total. The number of aryl methyl sites for hydroxylation is 1. The van der Waals surface area contributed by atoms with Gasteiger partial charge in [-0.05, 0) is 31.2 Å². The first-order chi connectivity index (χ1) is 10.2. The van der Waals surface area contributed by atoms with Crippen LogP contribution in [-0.2, 0) is 6.42 Å².